The van der Waals surface area contributed by atoms with E-state index in [0.29, 0.717) is 0 Å². The highest BCUT2D eigenvalue weighted by atomic mass is 15.2. The van der Waals surface area contributed by atoms with E-state index in [2.05, 4.69) is 17.1 Å². The molecule has 0 bridgehead atoms. The van der Waals surface area contributed by atoms with Crippen molar-refractivity contribution in [1.82, 2.24) is 10.2 Å². The molecule has 0 aromatic rings. The van der Waals surface area contributed by atoms with Gasteiger partial charge in [-0.1, -0.05) is 6.92 Å². The van der Waals surface area contributed by atoms with Crippen LogP contribution in [0.2, 0.25) is 0 Å². The maximum Gasteiger partial charge on any atom is 0.0223 e. The van der Waals surface area contributed by atoms with Gasteiger partial charge < -0.3 is 5.32 Å². The zero-order valence-electron chi connectivity index (χ0n) is 9.21. The summed E-state index contributed by atoms with van der Waals surface area (Å²) in [6.45, 7) is 7.66. The van der Waals surface area contributed by atoms with Crippen molar-refractivity contribution < 1.29 is 0 Å². The van der Waals surface area contributed by atoms with Gasteiger partial charge in [0.15, 0.2) is 0 Å². The Morgan fingerprint density at radius 2 is 1.79 bits per heavy atom. The van der Waals surface area contributed by atoms with Gasteiger partial charge in [0.2, 0.25) is 0 Å². The molecule has 3 aliphatic rings. The minimum atomic E-state index is 0.851. The number of likely N-dealkylation sites (tertiary alicyclic amines) is 1. The van der Waals surface area contributed by atoms with Gasteiger partial charge in [-0.05, 0) is 43.6 Å². The number of nitrogens with one attached hydrogen (secondary N) is 1. The molecule has 1 saturated carbocycles. The summed E-state index contributed by atoms with van der Waals surface area (Å²) in [6.07, 6.45) is 4.44. The Morgan fingerprint density at radius 3 is 2.36 bits per heavy atom. The molecule has 80 valence electrons. The molecule has 0 spiro atoms. The third kappa shape index (κ3) is 1.49. The molecule has 0 radical (unpaired) electrons. The summed E-state index contributed by atoms with van der Waals surface area (Å²) in [5.74, 6) is 3.03. The van der Waals surface area contributed by atoms with Gasteiger partial charge in [-0.25, -0.2) is 0 Å². The minimum absolute atomic E-state index is 0.851. The summed E-state index contributed by atoms with van der Waals surface area (Å²) in [5, 5.41) is 3.57. The van der Waals surface area contributed by atoms with E-state index in [9.17, 15) is 0 Å². The topological polar surface area (TPSA) is 15.3 Å². The van der Waals surface area contributed by atoms with Gasteiger partial charge in [0.05, 0.1) is 0 Å². The van der Waals surface area contributed by atoms with Crippen molar-refractivity contribution in [3.8, 4) is 0 Å². The molecule has 1 N–H and O–H groups in total. The van der Waals surface area contributed by atoms with Crippen molar-refractivity contribution in [2.75, 3.05) is 26.2 Å². The van der Waals surface area contributed by atoms with E-state index in [1.165, 1.54) is 45.4 Å². The molecule has 2 saturated heterocycles. The predicted molar refractivity (Wildman–Crippen MR) is 58.2 cm³/mol. The second kappa shape index (κ2) is 3.49. The molecule has 4 atom stereocenters. The molecule has 3 fully saturated rings. The molecule has 2 nitrogen and oxygen atoms in total. The van der Waals surface area contributed by atoms with Gasteiger partial charge in [-0.2, -0.15) is 0 Å². The maximum atomic E-state index is 3.57. The van der Waals surface area contributed by atoms with E-state index in [0.717, 1.165) is 23.8 Å². The van der Waals surface area contributed by atoms with Gasteiger partial charge in [-0.3, -0.25) is 4.90 Å². The van der Waals surface area contributed by atoms with E-state index in [4.69, 9.17) is 0 Å². The molecule has 0 aromatic heterocycles. The quantitative estimate of drug-likeness (QED) is 0.677. The van der Waals surface area contributed by atoms with Crippen LogP contribution >= 0.6 is 0 Å². The average Bonchev–Trinajstić information content (AvgIpc) is 2.43. The second-order valence-electron chi connectivity index (χ2n) is 5.70. The standard InChI is InChI=1S/C12H22N2/c1-9-4-12(6-13-5-9)14-7-10-2-3-11(10)8-14/h9-13H,2-8H2,1H3. The normalized spacial score (nSPS) is 48.6. The highest BCUT2D eigenvalue weighted by Crippen LogP contribution is 2.41. The van der Waals surface area contributed by atoms with Crippen molar-refractivity contribution in [1.29, 1.82) is 0 Å². The van der Waals surface area contributed by atoms with E-state index >= 15 is 0 Å². The lowest BCUT2D eigenvalue weighted by molar-refractivity contribution is 0.171. The molecule has 2 aliphatic heterocycles. The Bertz CT molecular complexity index is 202. The summed E-state index contributed by atoms with van der Waals surface area (Å²) in [5.41, 5.74) is 0. The van der Waals surface area contributed by atoms with Crippen molar-refractivity contribution in [3.63, 3.8) is 0 Å². The van der Waals surface area contributed by atoms with Crippen molar-refractivity contribution in [2.45, 2.75) is 32.2 Å². The van der Waals surface area contributed by atoms with Crippen LogP contribution in [0.5, 0.6) is 0 Å². The predicted octanol–water partition coefficient (Wildman–Crippen LogP) is 1.33. The van der Waals surface area contributed by atoms with E-state index < -0.39 is 0 Å². The number of fused-ring (bicyclic) bond motifs is 1. The van der Waals surface area contributed by atoms with Gasteiger partial charge in [0, 0.05) is 25.7 Å². The number of rotatable bonds is 1. The van der Waals surface area contributed by atoms with E-state index in [1.807, 2.05) is 0 Å². The lowest BCUT2D eigenvalue weighted by Crippen LogP contribution is -2.47. The Morgan fingerprint density at radius 1 is 1.07 bits per heavy atom. The molecule has 2 heterocycles. The summed E-state index contributed by atoms with van der Waals surface area (Å²) >= 11 is 0. The lowest BCUT2D eigenvalue weighted by atomic mass is 9.77. The van der Waals surface area contributed by atoms with Crippen LogP contribution in [0.3, 0.4) is 0 Å². The fraction of sp³-hybridized carbons (Fsp3) is 1.00. The smallest absolute Gasteiger partial charge is 0.0223 e. The highest BCUT2D eigenvalue weighted by molar-refractivity contribution is 4.95. The summed E-state index contributed by atoms with van der Waals surface area (Å²) < 4.78 is 0. The molecule has 1 aliphatic carbocycles. The third-order valence-corrected chi connectivity index (χ3v) is 4.58. The van der Waals surface area contributed by atoms with Gasteiger partial charge in [0.25, 0.3) is 0 Å². The van der Waals surface area contributed by atoms with Crippen LogP contribution in [-0.4, -0.2) is 37.1 Å². The first-order valence-corrected chi connectivity index (χ1v) is 6.27. The molecule has 4 unspecified atom stereocenters. The highest BCUT2D eigenvalue weighted by Gasteiger charge is 2.41. The van der Waals surface area contributed by atoms with Gasteiger partial charge in [-0.15, -0.1) is 0 Å². The van der Waals surface area contributed by atoms with Crippen molar-refractivity contribution >= 4 is 0 Å². The van der Waals surface area contributed by atoms with Crippen molar-refractivity contribution in [3.05, 3.63) is 0 Å². The van der Waals surface area contributed by atoms with Crippen LogP contribution in [-0.2, 0) is 0 Å². The van der Waals surface area contributed by atoms with E-state index in [-0.39, 0.29) is 0 Å². The molecule has 0 amide bonds. The van der Waals surface area contributed by atoms with E-state index in [1.54, 1.807) is 0 Å². The summed E-state index contributed by atoms with van der Waals surface area (Å²) in [6, 6.07) is 0.851. The van der Waals surface area contributed by atoms with Crippen molar-refractivity contribution in [2.24, 2.45) is 17.8 Å². The first-order chi connectivity index (χ1) is 6.83. The molecule has 14 heavy (non-hydrogen) atoms. The summed E-state index contributed by atoms with van der Waals surface area (Å²) in [4.78, 5) is 2.77. The third-order valence-electron chi connectivity index (χ3n) is 4.58. The van der Waals surface area contributed by atoms with Crippen LogP contribution in [0.15, 0.2) is 0 Å². The average molecular weight is 194 g/mol. The number of piperidine rings is 1. The molecule has 0 aromatic carbocycles. The number of hydrogen-bond donors (Lipinski definition) is 1. The fourth-order valence-corrected chi connectivity index (χ4v) is 3.50. The van der Waals surface area contributed by atoms with Gasteiger partial charge >= 0.3 is 0 Å². The first-order valence-electron chi connectivity index (χ1n) is 6.27. The maximum absolute atomic E-state index is 3.57. The van der Waals surface area contributed by atoms with Crippen LogP contribution in [0.4, 0.5) is 0 Å². The SMILES string of the molecule is CC1CNCC(N2CC3CCC3C2)C1. The Labute approximate surface area is 87.0 Å². The monoisotopic (exact) mass is 194 g/mol. The number of nitrogens with zero attached hydrogens (tertiary/aromatic N) is 1. The van der Waals surface area contributed by atoms with Gasteiger partial charge in [0.1, 0.15) is 0 Å². The zero-order valence-corrected chi connectivity index (χ0v) is 9.21. The Kier molecular flexibility index (Phi) is 2.29. The molecular weight excluding hydrogens is 172 g/mol. The van der Waals surface area contributed by atoms with Crippen LogP contribution in [0, 0.1) is 17.8 Å². The van der Waals surface area contributed by atoms with Crippen LogP contribution in [0.1, 0.15) is 26.2 Å². The van der Waals surface area contributed by atoms with Crippen LogP contribution < -0.4 is 5.32 Å². The number of hydrogen-bond acceptors (Lipinski definition) is 2. The zero-order chi connectivity index (χ0) is 9.54. The first kappa shape index (κ1) is 9.17. The second-order valence-corrected chi connectivity index (χ2v) is 5.70. The Hall–Kier alpha value is -0.0800. The molecule has 2 heteroatoms. The lowest BCUT2D eigenvalue weighted by Gasteiger charge is -2.34. The summed E-state index contributed by atoms with van der Waals surface area (Å²) in [7, 11) is 0. The van der Waals surface area contributed by atoms with Crippen LogP contribution in [0.25, 0.3) is 0 Å². The Balaban J connectivity index is 1.59. The fourth-order valence-electron chi connectivity index (χ4n) is 3.50. The molecular formula is C12H22N2. The largest absolute Gasteiger partial charge is 0.315 e. The molecule has 3 rings (SSSR count). The minimum Gasteiger partial charge on any atom is -0.315 e.